The summed E-state index contributed by atoms with van der Waals surface area (Å²) in [6.07, 6.45) is 2.13. The van der Waals surface area contributed by atoms with Crippen LogP contribution in [0.4, 0.5) is 10.6 Å². The van der Waals surface area contributed by atoms with Crippen LogP contribution in [0.25, 0.3) is 0 Å². The third-order valence-electron chi connectivity index (χ3n) is 3.42. The Balaban J connectivity index is 2.01. The summed E-state index contributed by atoms with van der Waals surface area (Å²) in [5.41, 5.74) is 0.965. The number of rotatable bonds is 7. The molecule has 0 saturated carbocycles. The number of aromatic nitrogens is 2. The van der Waals surface area contributed by atoms with Crippen molar-refractivity contribution in [1.29, 1.82) is 0 Å². The second-order valence-electron chi connectivity index (χ2n) is 5.87. The lowest BCUT2D eigenvalue weighted by atomic mass is 10.0. The van der Waals surface area contributed by atoms with Crippen LogP contribution in [0.2, 0.25) is 0 Å². The highest BCUT2D eigenvalue weighted by Gasteiger charge is 2.15. The Bertz CT molecular complexity index is 610. The van der Waals surface area contributed by atoms with Gasteiger partial charge in [-0.15, -0.1) is 0 Å². The van der Waals surface area contributed by atoms with Gasteiger partial charge in [0.25, 0.3) is 0 Å². The number of urea groups is 1. The van der Waals surface area contributed by atoms with E-state index in [-0.39, 0.29) is 18.7 Å². The van der Waals surface area contributed by atoms with Gasteiger partial charge in [-0.1, -0.05) is 44.2 Å². The minimum Gasteiger partial charge on any atom is -0.396 e. The summed E-state index contributed by atoms with van der Waals surface area (Å²) < 4.78 is 1.77. The molecule has 0 aliphatic rings. The zero-order valence-electron chi connectivity index (χ0n) is 13.6. The molecule has 2 amide bonds. The number of aliphatic hydroxyl groups is 1. The molecule has 1 aromatic heterocycles. The number of anilines is 1. The zero-order chi connectivity index (χ0) is 16.7. The molecule has 0 radical (unpaired) electrons. The van der Waals surface area contributed by atoms with Crippen LogP contribution in [0.1, 0.15) is 31.9 Å². The molecular formula is C17H24N4O2. The average Bonchev–Trinajstić information content (AvgIpc) is 2.94. The topological polar surface area (TPSA) is 79.2 Å². The maximum atomic E-state index is 12.3. The van der Waals surface area contributed by atoms with E-state index in [1.165, 1.54) is 0 Å². The SMILES string of the molecule is CC(C)Cn1nccc1NC(=O)N[C@H](CCO)c1ccccc1. The number of nitrogens with zero attached hydrogens (tertiary/aromatic N) is 2. The quantitative estimate of drug-likeness (QED) is 0.735. The van der Waals surface area contributed by atoms with Crippen LogP contribution in [0, 0.1) is 5.92 Å². The average molecular weight is 316 g/mol. The summed E-state index contributed by atoms with van der Waals surface area (Å²) in [6, 6.07) is 10.8. The number of benzene rings is 1. The van der Waals surface area contributed by atoms with Crippen LogP contribution in [-0.4, -0.2) is 27.5 Å². The highest BCUT2D eigenvalue weighted by molar-refractivity contribution is 5.88. The van der Waals surface area contributed by atoms with Gasteiger partial charge in [-0.05, 0) is 17.9 Å². The molecule has 0 aliphatic heterocycles. The number of carbonyl (C=O) groups excluding carboxylic acids is 1. The Labute approximate surface area is 136 Å². The molecule has 0 spiro atoms. The first-order valence-corrected chi connectivity index (χ1v) is 7.85. The van der Waals surface area contributed by atoms with Gasteiger partial charge < -0.3 is 10.4 Å². The lowest BCUT2D eigenvalue weighted by molar-refractivity contribution is 0.239. The van der Waals surface area contributed by atoms with Crippen molar-refractivity contribution in [2.45, 2.75) is 32.9 Å². The Morgan fingerprint density at radius 2 is 2.00 bits per heavy atom. The van der Waals surface area contributed by atoms with Crippen molar-refractivity contribution in [3.8, 4) is 0 Å². The van der Waals surface area contributed by atoms with Crippen LogP contribution in [0.5, 0.6) is 0 Å². The summed E-state index contributed by atoms with van der Waals surface area (Å²) in [4.78, 5) is 12.3. The fourth-order valence-electron chi connectivity index (χ4n) is 2.38. The molecule has 3 N–H and O–H groups in total. The Hall–Kier alpha value is -2.34. The van der Waals surface area contributed by atoms with Gasteiger partial charge in [0.2, 0.25) is 0 Å². The number of hydrogen-bond acceptors (Lipinski definition) is 3. The van der Waals surface area contributed by atoms with Gasteiger partial charge in [0.15, 0.2) is 0 Å². The number of amides is 2. The number of nitrogens with one attached hydrogen (secondary N) is 2. The monoisotopic (exact) mass is 316 g/mol. The molecule has 6 heteroatoms. The van der Waals surface area contributed by atoms with Crippen LogP contribution in [-0.2, 0) is 6.54 Å². The molecule has 0 saturated heterocycles. The number of hydrogen-bond donors (Lipinski definition) is 3. The highest BCUT2D eigenvalue weighted by atomic mass is 16.3. The maximum Gasteiger partial charge on any atom is 0.320 e. The van der Waals surface area contributed by atoms with Gasteiger partial charge in [0, 0.05) is 19.2 Å². The smallest absolute Gasteiger partial charge is 0.320 e. The molecule has 2 aromatic rings. The Morgan fingerprint density at radius 3 is 2.65 bits per heavy atom. The summed E-state index contributed by atoms with van der Waals surface area (Å²) in [5.74, 6) is 1.09. The third-order valence-corrected chi connectivity index (χ3v) is 3.42. The molecular weight excluding hydrogens is 292 g/mol. The predicted octanol–water partition coefficient (Wildman–Crippen LogP) is 2.78. The minimum absolute atomic E-state index is 0.00508. The number of carbonyl (C=O) groups is 1. The molecule has 1 heterocycles. The van der Waals surface area contributed by atoms with Crippen molar-refractivity contribution < 1.29 is 9.90 Å². The van der Waals surface area contributed by atoms with E-state index in [1.807, 2.05) is 30.3 Å². The van der Waals surface area contributed by atoms with E-state index in [1.54, 1.807) is 16.9 Å². The second-order valence-corrected chi connectivity index (χ2v) is 5.87. The third kappa shape index (κ3) is 5.10. The van der Waals surface area contributed by atoms with Crippen molar-refractivity contribution in [3.63, 3.8) is 0 Å². The van der Waals surface area contributed by atoms with Crippen molar-refractivity contribution in [1.82, 2.24) is 15.1 Å². The van der Waals surface area contributed by atoms with Gasteiger partial charge in [-0.25, -0.2) is 9.48 Å². The van der Waals surface area contributed by atoms with E-state index in [9.17, 15) is 9.90 Å². The molecule has 1 aromatic carbocycles. The highest BCUT2D eigenvalue weighted by Crippen LogP contribution is 2.16. The first-order chi connectivity index (χ1) is 11.1. The molecule has 124 valence electrons. The van der Waals surface area contributed by atoms with E-state index in [2.05, 4.69) is 29.6 Å². The Kier molecular flexibility index (Phi) is 6.17. The fraction of sp³-hybridized carbons (Fsp3) is 0.412. The summed E-state index contributed by atoms with van der Waals surface area (Å²) >= 11 is 0. The largest absolute Gasteiger partial charge is 0.396 e. The fourth-order valence-corrected chi connectivity index (χ4v) is 2.38. The maximum absolute atomic E-state index is 12.3. The van der Waals surface area contributed by atoms with Crippen LogP contribution in [0.3, 0.4) is 0 Å². The van der Waals surface area contributed by atoms with Crippen LogP contribution >= 0.6 is 0 Å². The normalized spacial score (nSPS) is 12.2. The first kappa shape index (κ1) is 17.0. The van der Waals surface area contributed by atoms with Crippen molar-refractivity contribution in [3.05, 3.63) is 48.2 Å². The van der Waals surface area contributed by atoms with E-state index < -0.39 is 0 Å². The molecule has 0 fully saturated rings. The van der Waals surface area contributed by atoms with Gasteiger partial charge in [-0.3, -0.25) is 5.32 Å². The molecule has 1 atom stereocenters. The summed E-state index contributed by atoms with van der Waals surface area (Å²) in [5, 5.41) is 19.2. The van der Waals surface area contributed by atoms with Gasteiger partial charge in [-0.2, -0.15) is 5.10 Å². The molecule has 0 aliphatic carbocycles. The van der Waals surface area contributed by atoms with Crippen molar-refractivity contribution >= 4 is 11.8 Å². The molecule has 23 heavy (non-hydrogen) atoms. The van der Waals surface area contributed by atoms with Gasteiger partial charge in [0.05, 0.1) is 12.2 Å². The molecule has 0 unspecified atom stereocenters. The van der Waals surface area contributed by atoms with E-state index in [0.29, 0.717) is 18.2 Å². The van der Waals surface area contributed by atoms with Crippen molar-refractivity contribution in [2.24, 2.45) is 5.92 Å². The van der Waals surface area contributed by atoms with E-state index in [4.69, 9.17) is 0 Å². The molecule has 0 bridgehead atoms. The number of aliphatic hydroxyl groups excluding tert-OH is 1. The zero-order valence-corrected chi connectivity index (χ0v) is 13.6. The minimum atomic E-state index is -0.308. The van der Waals surface area contributed by atoms with E-state index >= 15 is 0 Å². The second kappa shape index (κ2) is 8.33. The van der Waals surface area contributed by atoms with Crippen LogP contribution < -0.4 is 10.6 Å². The molecule has 6 nitrogen and oxygen atoms in total. The standard InChI is InChI=1S/C17H24N4O2/c1-13(2)12-21-16(8-10-18-21)20-17(23)19-15(9-11-22)14-6-4-3-5-7-14/h3-8,10,13,15,22H,9,11-12H2,1-2H3,(H2,19,20,23)/t15-/m1/s1. The van der Waals surface area contributed by atoms with E-state index in [0.717, 1.165) is 12.1 Å². The van der Waals surface area contributed by atoms with Crippen molar-refractivity contribution in [2.75, 3.05) is 11.9 Å². The van der Waals surface area contributed by atoms with Crippen LogP contribution in [0.15, 0.2) is 42.6 Å². The predicted molar refractivity (Wildman–Crippen MR) is 90.1 cm³/mol. The lowest BCUT2D eigenvalue weighted by Gasteiger charge is -2.19. The lowest BCUT2D eigenvalue weighted by Crippen LogP contribution is -2.34. The molecule has 2 rings (SSSR count). The first-order valence-electron chi connectivity index (χ1n) is 7.85. The van der Waals surface area contributed by atoms with Gasteiger partial charge >= 0.3 is 6.03 Å². The van der Waals surface area contributed by atoms with Gasteiger partial charge in [0.1, 0.15) is 5.82 Å². The summed E-state index contributed by atoms with van der Waals surface area (Å²) in [7, 11) is 0. The Morgan fingerprint density at radius 1 is 1.26 bits per heavy atom. The summed E-state index contributed by atoms with van der Waals surface area (Å²) in [6.45, 7) is 4.93.